The zero-order valence-corrected chi connectivity index (χ0v) is 15.5. The van der Waals surface area contributed by atoms with Crippen molar-refractivity contribution in [3.8, 4) is 5.69 Å². The minimum Gasteiger partial charge on any atom is -0.384 e. The van der Waals surface area contributed by atoms with Gasteiger partial charge in [-0.3, -0.25) is 4.57 Å². The summed E-state index contributed by atoms with van der Waals surface area (Å²) in [6.07, 6.45) is 0. The molecule has 0 spiro atoms. The zero-order chi connectivity index (χ0) is 17.8. The van der Waals surface area contributed by atoms with E-state index in [4.69, 9.17) is 4.98 Å². The predicted octanol–water partition coefficient (Wildman–Crippen LogP) is 5.54. The third-order valence-corrected chi connectivity index (χ3v) is 5.17. The summed E-state index contributed by atoms with van der Waals surface area (Å²) < 4.78 is 2.26. The molecule has 3 nitrogen and oxygen atoms in total. The number of nitrogens with zero attached hydrogens (tertiary/aromatic N) is 2. The first-order valence-corrected chi connectivity index (χ1v) is 9.76. The molecule has 0 bridgehead atoms. The molecular formula is C22H21N3S. The van der Waals surface area contributed by atoms with Gasteiger partial charge in [-0.05, 0) is 48.9 Å². The average Bonchev–Trinajstić information content (AvgIpc) is 3.04. The second kappa shape index (κ2) is 7.67. The number of imidazole rings is 1. The molecule has 4 rings (SSSR count). The first-order valence-electron chi connectivity index (χ1n) is 8.77. The van der Waals surface area contributed by atoms with E-state index in [2.05, 4.69) is 71.4 Å². The number of para-hydroxylation sites is 3. The Labute approximate surface area is 158 Å². The largest absolute Gasteiger partial charge is 0.384 e. The summed E-state index contributed by atoms with van der Waals surface area (Å²) in [5, 5.41) is 4.49. The highest BCUT2D eigenvalue weighted by molar-refractivity contribution is 7.99. The molecule has 3 aromatic carbocycles. The minimum absolute atomic E-state index is 0.895. The lowest BCUT2D eigenvalue weighted by atomic mass is 10.2. The number of aryl methyl sites for hydroxylation is 1. The molecule has 0 atom stereocenters. The lowest BCUT2D eigenvalue weighted by molar-refractivity contribution is 0.917. The van der Waals surface area contributed by atoms with E-state index < -0.39 is 0 Å². The van der Waals surface area contributed by atoms with E-state index >= 15 is 0 Å². The standard InChI is InChI=1S/C22H21N3S/c1-17-8-7-11-19(16-17)25-21-13-6-5-12-20(21)24-22(25)26-15-14-23-18-9-3-2-4-10-18/h2-13,16,23H,14-15H2,1H3. The quantitative estimate of drug-likeness (QED) is 0.362. The molecule has 4 aromatic rings. The lowest BCUT2D eigenvalue weighted by Crippen LogP contribution is -2.05. The smallest absolute Gasteiger partial charge is 0.173 e. The third-order valence-electron chi connectivity index (χ3n) is 4.23. The normalized spacial score (nSPS) is 11.0. The van der Waals surface area contributed by atoms with E-state index in [0.29, 0.717) is 0 Å². The van der Waals surface area contributed by atoms with Crippen LogP contribution >= 0.6 is 11.8 Å². The van der Waals surface area contributed by atoms with Crippen LogP contribution in [0.4, 0.5) is 5.69 Å². The van der Waals surface area contributed by atoms with E-state index in [9.17, 15) is 0 Å². The summed E-state index contributed by atoms with van der Waals surface area (Å²) in [6, 6.07) is 27.2. The lowest BCUT2D eigenvalue weighted by Gasteiger charge is -2.10. The number of nitrogens with one attached hydrogen (secondary N) is 1. The summed E-state index contributed by atoms with van der Waals surface area (Å²) in [6.45, 7) is 3.02. The minimum atomic E-state index is 0.895. The van der Waals surface area contributed by atoms with Gasteiger partial charge in [-0.25, -0.2) is 4.98 Å². The first kappa shape index (κ1) is 16.7. The summed E-state index contributed by atoms with van der Waals surface area (Å²) >= 11 is 1.78. The fraction of sp³-hybridized carbons (Fsp3) is 0.136. The van der Waals surface area contributed by atoms with Crippen molar-refractivity contribution in [1.82, 2.24) is 9.55 Å². The second-order valence-electron chi connectivity index (χ2n) is 6.20. The molecule has 1 aromatic heterocycles. The number of aromatic nitrogens is 2. The predicted molar refractivity (Wildman–Crippen MR) is 111 cm³/mol. The molecule has 1 heterocycles. The number of hydrogen-bond acceptors (Lipinski definition) is 3. The Bertz CT molecular complexity index is 1010. The van der Waals surface area contributed by atoms with Crippen LogP contribution in [0.5, 0.6) is 0 Å². The molecule has 0 amide bonds. The molecule has 0 unspecified atom stereocenters. The number of fused-ring (bicyclic) bond motifs is 1. The van der Waals surface area contributed by atoms with Gasteiger partial charge in [-0.1, -0.05) is 54.2 Å². The molecule has 0 saturated carbocycles. The molecular weight excluding hydrogens is 338 g/mol. The van der Waals surface area contributed by atoms with Gasteiger partial charge >= 0.3 is 0 Å². The van der Waals surface area contributed by atoms with Gasteiger partial charge in [-0.2, -0.15) is 0 Å². The summed E-state index contributed by atoms with van der Waals surface area (Å²) in [7, 11) is 0. The maximum Gasteiger partial charge on any atom is 0.173 e. The highest BCUT2D eigenvalue weighted by atomic mass is 32.2. The first-order chi connectivity index (χ1) is 12.8. The van der Waals surface area contributed by atoms with Crippen LogP contribution in [0.2, 0.25) is 0 Å². The van der Waals surface area contributed by atoms with Gasteiger partial charge < -0.3 is 5.32 Å². The second-order valence-corrected chi connectivity index (χ2v) is 7.26. The van der Waals surface area contributed by atoms with Crippen molar-refractivity contribution in [2.75, 3.05) is 17.6 Å². The monoisotopic (exact) mass is 359 g/mol. The zero-order valence-electron chi connectivity index (χ0n) is 14.7. The van der Waals surface area contributed by atoms with Crippen LogP contribution in [0.1, 0.15) is 5.56 Å². The van der Waals surface area contributed by atoms with Gasteiger partial charge in [0.15, 0.2) is 5.16 Å². The van der Waals surface area contributed by atoms with Crippen LogP contribution < -0.4 is 5.32 Å². The van der Waals surface area contributed by atoms with Gasteiger partial charge in [0.25, 0.3) is 0 Å². The number of rotatable bonds is 6. The fourth-order valence-electron chi connectivity index (χ4n) is 3.01. The molecule has 0 fully saturated rings. The van der Waals surface area contributed by atoms with Crippen LogP contribution in [0.15, 0.2) is 84.0 Å². The maximum atomic E-state index is 4.86. The van der Waals surface area contributed by atoms with E-state index in [1.54, 1.807) is 11.8 Å². The Hall–Kier alpha value is -2.72. The molecule has 130 valence electrons. The molecule has 4 heteroatoms. The Kier molecular flexibility index (Phi) is 4.93. The number of thioether (sulfide) groups is 1. The number of anilines is 1. The Morgan fingerprint density at radius 2 is 1.73 bits per heavy atom. The summed E-state index contributed by atoms with van der Waals surface area (Å²) in [4.78, 5) is 4.86. The topological polar surface area (TPSA) is 29.9 Å². The van der Waals surface area contributed by atoms with E-state index in [1.165, 1.54) is 5.56 Å². The van der Waals surface area contributed by atoms with Crippen LogP contribution in [0, 0.1) is 6.92 Å². The number of hydrogen-bond donors (Lipinski definition) is 1. The average molecular weight is 359 g/mol. The molecule has 0 radical (unpaired) electrons. The van der Waals surface area contributed by atoms with Gasteiger partial charge in [0.1, 0.15) is 0 Å². The molecule has 0 aliphatic rings. The van der Waals surface area contributed by atoms with Gasteiger partial charge in [0.05, 0.1) is 11.0 Å². The highest BCUT2D eigenvalue weighted by Crippen LogP contribution is 2.28. The molecule has 0 saturated heterocycles. The molecule has 0 aliphatic carbocycles. The van der Waals surface area contributed by atoms with E-state index in [0.717, 1.165) is 39.9 Å². The molecule has 0 aliphatic heterocycles. The highest BCUT2D eigenvalue weighted by Gasteiger charge is 2.12. The van der Waals surface area contributed by atoms with Crippen molar-refractivity contribution in [2.45, 2.75) is 12.1 Å². The molecule has 26 heavy (non-hydrogen) atoms. The van der Waals surface area contributed by atoms with Crippen molar-refractivity contribution in [3.05, 3.63) is 84.4 Å². The number of benzene rings is 3. The Morgan fingerprint density at radius 3 is 2.58 bits per heavy atom. The van der Waals surface area contributed by atoms with Gasteiger partial charge in [0.2, 0.25) is 0 Å². The van der Waals surface area contributed by atoms with Crippen LogP contribution in [0.25, 0.3) is 16.7 Å². The van der Waals surface area contributed by atoms with Crippen LogP contribution in [-0.4, -0.2) is 21.8 Å². The Morgan fingerprint density at radius 1 is 0.923 bits per heavy atom. The van der Waals surface area contributed by atoms with Crippen molar-refractivity contribution in [1.29, 1.82) is 0 Å². The Balaban J connectivity index is 1.57. The molecule has 1 N–H and O–H groups in total. The van der Waals surface area contributed by atoms with Crippen molar-refractivity contribution in [2.24, 2.45) is 0 Å². The summed E-state index contributed by atoms with van der Waals surface area (Å²) in [5.41, 5.74) is 5.75. The van der Waals surface area contributed by atoms with Gasteiger partial charge in [-0.15, -0.1) is 0 Å². The SMILES string of the molecule is Cc1cccc(-n2c(SCCNc3ccccc3)nc3ccccc32)c1. The summed E-state index contributed by atoms with van der Waals surface area (Å²) in [5.74, 6) is 0.948. The van der Waals surface area contributed by atoms with Crippen LogP contribution in [0.3, 0.4) is 0 Å². The van der Waals surface area contributed by atoms with Crippen molar-refractivity contribution in [3.63, 3.8) is 0 Å². The van der Waals surface area contributed by atoms with Crippen molar-refractivity contribution >= 4 is 28.5 Å². The maximum absolute atomic E-state index is 4.86. The van der Waals surface area contributed by atoms with E-state index in [1.807, 2.05) is 24.3 Å². The third kappa shape index (κ3) is 3.60. The van der Waals surface area contributed by atoms with Gasteiger partial charge in [0, 0.05) is 23.7 Å². The van der Waals surface area contributed by atoms with Crippen molar-refractivity contribution < 1.29 is 0 Å². The fourth-order valence-corrected chi connectivity index (χ4v) is 3.89. The van der Waals surface area contributed by atoms with Crippen LogP contribution in [-0.2, 0) is 0 Å². The van der Waals surface area contributed by atoms with E-state index in [-0.39, 0.29) is 0 Å².